The molecule has 0 atom stereocenters. The molecule has 2 rings (SSSR count). The topological polar surface area (TPSA) is 82.0 Å². The Morgan fingerprint density at radius 1 is 1.00 bits per heavy atom. The number of nitrogens with one attached hydrogen (secondary N) is 2. The van der Waals surface area contributed by atoms with Crippen molar-refractivity contribution in [1.82, 2.24) is 5.32 Å². The van der Waals surface area contributed by atoms with Gasteiger partial charge in [-0.15, -0.1) is 0 Å². The summed E-state index contributed by atoms with van der Waals surface area (Å²) in [7, 11) is 0. The van der Waals surface area contributed by atoms with Crippen molar-refractivity contribution in [3.63, 3.8) is 0 Å². The maximum atomic E-state index is 11.8. The van der Waals surface area contributed by atoms with Gasteiger partial charge in [-0.05, 0) is 48.4 Å². The second-order valence-electron chi connectivity index (χ2n) is 5.14. The summed E-state index contributed by atoms with van der Waals surface area (Å²) in [4.78, 5) is 23.5. The Bertz CT molecular complexity index is 749. The standard InChI is InChI=1S/C18H16ClN3O2/c19-15-5-1-13(2-6-15)9-10-21-17(23)11-18(24)22-16-7-3-14(12-20)4-8-16/h1-8H,9-11H2,(H,21,23)(H,22,24). The predicted molar refractivity (Wildman–Crippen MR) is 92.6 cm³/mol. The fourth-order valence-corrected chi connectivity index (χ4v) is 2.16. The number of halogens is 1. The van der Waals surface area contributed by atoms with Gasteiger partial charge in [-0.1, -0.05) is 23.7 Å². The van der Waals surface area contributed by atoms with Crippen LogP contribution < -0.4 is 10.6 Å². The van der Waals surface area contributed by atoms with Crippen LogP contribution in [-0.2, 0) is 16.0 Å². The monoisotopic (exact) mass is 341 g/mol. The van der Waals surface area contributed by atoms with Gasteiger partial charge in [-0.2, -0.15) is 5.26 Å². The van der Waals surface area contributed by atoms with E-state index in [1.54, 1.807) is 36.4 Å². The molecule has 2 aromatic rings. The van der Waals surface area contributed by atoms with Gasteiger partial charge in [-0.3, -0.25) is 9.59 Å². The highest BCUT2D eigenvalue weighted by molar-refractivity contribution is 6.30. The number of nitriles is 1. The number of amides is 2. The van der Waals surface area contributed by atoms with Gasteiger partial charge in [0.15, 0.2) is 0 Å². The van der Waals surface area contributed by atoms with Crippen molar-refractivity contribution in [2.75, 3.05) is 11.9 Å². The van der Waals surface area contributed by atoms with Crippen molar-refractivity contribution in [3.8, 4) is 6.07 Å². The number of anilines is 1. The van der Waals surface area contributed by atoms with E-state index in [2.05, 4.69) is 10.6 Å². The summed E-state index contributed by atoms with van der Waals surface area (Å²) in [5.41, 5.74) is 2.11. The number of nitrogens with zero attached hydrogens (tertiary/aromatic N) is 1. The molecule has 0 aliphatic rings. The van der Waals surface area contributed by atoms with E-state index in [1.807, 2.05) is 18.2 Å². The van der Waals surface area contributed by atoms with Crippen LogP contribution >= 0.6 is 11.6 Å². The Balaban J connectivity index is 1.72. The molecule has 0 aliphatic carbocycles. The van der Waals surface area contributed by atoms with E-state index in [4.69, 9.17) is 16.9 Å². The molecule has 0 fully saturated rings. The maximum absolute atomic E-state index is 11.8. The Morgan fingerprint density at radius 2 is 1.67 bits per heavy atom. The maximum Gasteiger partial charge on any atom is 0.233 e. The summed E-state index contributed by atoms with van der Waals surface area (Å²) < 4.78 is 0. The van der Waals surface area contributed by atoms with Crippen LogP contribution in [0.4, 0.5) is 5.69 Å². The molecule has 24 heavy (non-hydrogen) atoms. The first-order chi connectivity index (χ1) is 11.6. The Morgan fingerprint density at radius 3 is 2.29 bits per heavy atom. The fraction of sp³-hybridized carbons (Fsp3) is 0.167. The van der Waals surface area contributed by atoms with Crippen molar-refractivity contribution in [1.29, 1.82) is 5.26 Å². The second-order valence-corrected chi connectivity index (χ2v) is 5.58. The fourth-order valence-electron chi connectivity index (χ4n) is 2.04. The average Bonchev–Trinajstić information content (AvgIpc) is 2.57. The lowest BCUT2D eigenvalue weighted by Gasteiger charge is -2.07. The molecule has 0 aromatic heterocycles. The first kappa shape index (κ1) is 17.5. The average molecular weight is 342 g/mol. The normalized spacial score (nSPS) is 9.83. The molecule has 6 heteroatoms. The van der Waals surface area contributed by atoms with Gasteiger partial charge >= 0.3 is 0 Å². The molecule has 0 bridgehead atoms. The number of carbonyl (C=O) groups excluding carboxylic acids is 2. The van der Waals surface area contributed by atoms with Gasteiger partial charge in [0.2, 0.25) is 11.8 Å². The molecular weight excluding hydrogens is 326 g/mol. The molecule has 2 amide bonds. The third-order valence-corrected chi connectivity index (χ3v) is 3.52. The Labute approximate surface area is 145 Å². The summed E-state index contributed by atoms with van der Waals surface area (Å²) in [5, 5.41) is 14.7. The minimum absolute atomic E-state index is 0.249. The Kier molecular flexibility index (Phi) is 6.35. The zero-order valence-electron chi connectivity index (χ0n) is 12.9. The molecule has 122 valence electrons. The lowest BCUT2D eigenvalue weighted by molar-refractivity contribution is -0.126. The van der Waals surface area contributed by atoms with Crippen LogP contribution in [0.1, 0.15) is 17.5 Å². The van der Waals surface area contributed by atoms with Crippen molar-refractivity contribution < 1.29 is 9.59 Å². The molecule has 0 unspecified atom stereocenters. The zero-order chi connectivity index (χ0) is 17.4. The summed E-state index contributed by atoms with van der Waals surface area (Å²) in [5.74, 6) is -0.737. The van der Waals surface area contributed by atoms with Crippen LogP contribution in [0.2, 0.25) is 5.02 Å². The molecule has 0 aliphatic heterocycles. The minimum atomic E-state index is -0.399. The summed E-state index contributed by atoms with van der Waals surface area (Å²) >= 11 is 5.81. The first-order valence-electron chi connectivity index (χ1n) is 7.38. The van der Waals surface area contributed by atoms with Gasteiger partial charge in [0.1, 0.15) is 6.42 Å². The van der Waals surface area contributed by atoms with Crippen molar-refractivity contribution in [2.45, 2.75) is 12.8 Å². The third kappa shape index (κ3) is 5.75. The van der Waals surface area contributed by atoms with E-state index in [0.717, 1.165) is 5.56 Å². The highest BCUT2D eigenvalue weighted by atomic mass is 35.5. The molecule has 0 radical (unpaired) electrons. The van der Waals surface area contributed by atoms with Crippen LogP contribution in [0.25, 0.3) is 0 Å². The summed E-state index contributed by atoms with van der Waals surface area (Å²) in [6, 6.07) is 15.8. The van der Waals surface area contributed by atoms with Gasteiger partial charge < -0.3 is 10.6 Å². The van der Waals surface area contributed by atoms with Gasteiger partial charge in [0, 0.05) is 17.3 Å². The summed E-state index contributed by atoms with van der Waals surface area (Å²) in [6.07, 6.45) is 0.417. The number of benzene rings is 2. The largest absolute Gasteiger partial charge is 0.355 e. The molecule has 0 spiro atoms. The number of hydrogen-bond donors (Lipinski definition) is 2. The van der Waals surface area contributed by atoms with Gasteiger partial charge in [0.05, 0.1) is 11.6 Å². The quantitative estimate of drug-likeness (QED) is 0.792. The van der Waals surface area contributed by atoms with Crippen LogP contribution in [-0.4, -0.2) is 18.4 Å². The zero-order valence-corrected chi connectivity index (χ0v) is 13.6. The van der Waals surface area contributed by atoms with E-state index in [0.29, 0.717) is 29.2 Å². The van der Waals surface area contributed by atoms with Crippen LogP contribution in [0.5, 0.6) is 0 Å². The molecule has 0 saturated carbocycles. The first-order valence-corrected chi connectivity index (χ1v) is 7.76. The van der Waals surface area contributed by atoms with Crippen molar-refractivity contribution in [2.24, 2.45) is 0 Å². The smallest absolute Gasteiger partial charge is 0.233 e. The number of hydrogen-bond acceptors (Lipinski definition) is 3. The highest BCUT2D eigenvalue weighted by Crippen LogP contribution is 2.10. The molecular formula is C18H16ClN3O2. The van der Waals surface area contributed by atoms with Crippen LogP contribution in [0, 0.1) is 11.3 Å². The van der Waals surface area contributed by atoms with E-state index in [9.17, 15) is 9.59 Å². The lowest BCUT2D eigenvalue weighted by Crippen LogP contribution is -2.29. The Hall–Kier alpha value is -2.84. The van der Waals surface area contributed by atoms with Crippen molar-refractivity contribution in [3.05, 3.63) is 64.7 Å². The van der Waals surface area contributed by atoms with Crippen molar-refractivity contribution >= 4 is 29.1 Å². The highest BCUT2D eigenvalue weighted by Gasteiger charge is 2.09. The molecule has 5 nitrogen and oxygen atoms in total. The number of rotatable bonds is 6. The molecule has 2 aromatic carbocycles. The van der Waals surface area contributed by atoms with Crippen LogP contribution in [0.15, 0.2) is 48.5 Å². The van der Waals surface area contributed by atoms with Gasteiger partial charge in [0.25, 0.3) is 0 Å². The molecule has 0 saturated heterocycles. The van der Waals surface area contributed by atoms with E-state index >= 15 is 0 Å². The van der Waals surface area contributed by atoms with E-state index in [-0.39, 0.29) is 12.3 Å². The van der Waals surface area contributed by atoms with E-state index < -0.39 is 5.91 Å². The van der Waals surface area contributed by atoms with Gasteiger partial charge in [-0.25, -0.2) is 0 Å². The lowest BCUT2D eigenvalue weighted by atomic mass is 10.1. The van der Waals surface area contributed by atoms with Crippen LogP contribution in [0.3, 0.4) is 0 Å². The number of carbonyl (C=O) groups is 2. The summed E-state index contributed by atoms with van der Waals surface area (Å²) in [6.45, 7) is 0.449. The SMILES string of the molecule is N#Cc1ccc(NC(=O)CC(=O)NCCc2ccc(Cl)cc2)cc1. The predicted octanol–water partition coefficient (Wildman–Crippen LogP) is 2.90. The second kappa shape index (κ2) is 8.70. The molecule has 0 heterocycles. The van der Waals surface area contributed by atoms with E-state index in [1.165, 1.54) is 0 Å². The third-order valence-electron chi connectivity index (χ3n) is 3.27. The minimum Gasteiger partial charge on any atom is -0.355 e. The molecule has 2 N–H and O–H groups in total.